The Bertz CT molecular complexity index is 677. The highest BCUT2D eigenvalue weighted by Gasteiger charge is 2.21. The van der Waals surface area contributed by atoms with Crippen LogP contribution >= 0.6 is 11.6 Å². The molecule has 0 atom stereocenters. The van der Waals surface area contributed by atoms with E-state index >= 15 is 0 Å². The summed E-state index contributed by atoms with van der Waals surface area (Å²) in [7, 11) is 1.90. The summed E-state index contributed by atoms with van der Waals surface area (Å²) in [6, 6.07) is 7.95. The molecule has 0 N–H and O–H groups in total. The maximum atomic E-state index is 12.3. The van der Waals surface area contributed by atoms with Gasteiger partial charge in [0, 0.05) is 57.6 Å². The Balaban J connectivity index is 1.43. The van der Waals surface area contributed by atoms with Crippen molar-refractivity contribution >= 4 is 17.5 Å². The predicted molar refractivity (Wildman–Crippen MR) is 92.6 cm³/mol. The molecule has 1 amide bonds. The molecule has 0 unspecified atom stereocenters. The van der Waals surface area contributed by atoms with Crippen LogP contribution < -0.4 is 0 Å². The fourth-order valence-electron chi connectivity index (χ4n) is 2.91. The van der Waals surface area contributed by atoms with Crippen molar-refractivity contribution < 1.29 is 4.79 Å². The molecule has 1 aromatic carbocycles. The van der Waals surface area contributed by atoms with Crippen molar-refractivity contribution in [3.05, 3.63) is 47.0 Å². The van der Waals surface area contributed by atoms with Crippen molar-refractivity contribution in [1.82, 2.24) is 24.6 Å². The monoisotopic (exact) mass is 347 g/mol. The predicted octanol–water partition coefficient (Wildman–Crippen LogP) is 1.75. The molecule has 2 heterocycles. The third kappa shape index (κ3) is 4.33. The molecular weight excluding hydrogens is 326 g/mol. The first-order chi connectivity index (χ1) is 11.6. The van der Waals surface area contributed by atoms with Crippen molar-refractivity contribution in [1.29, 1.82) is 0 Å². The van der Waals surface area contributed by atoms with Crippen LogP contribution in [0.4, 0.5) is 0 Å². The minimum absolute atomic E-state index is 0.198. The van der Waals surface area contributed by atoms with Crippen LogP contribution in [0.1, 0.15) is 17.8 Å². The van der Waals surface area contributed by atoms with Crippen LogP contribution in [0, 0.1) is 0 Å². The van der Waals surface area contributed by atoms with Gasteiger partial charge in [0.2, 0.25) is 5.91 Å². The average molecular weight is 348 g/mol. The van der Waals surface area contributed by atoms with Gasteiger partial charge in [-0.25, -0.2) is 0 Å². The van der Waals surface area contributed by atoms with Gasteiger partial charge in [0.05, 0.1) is 0 Å². The lowest BCUT2D eigenvalue weighted by molar-refractivity contribution is -0.133. The van der Waals surface area contributed by atoms with Crippen LogP contribution in [0.2, 0.25) is 5.02 Å². The molecule has 3 rings (SSSR count). The first-order valence-corrected chi connectivity index (χ1v) is 8.57. The van der Waals surface area contributed by atoms with Gasteiger partial charge in [-0.05, 0) is 17.7 Å². The Kier molecular flexibility index (Phi) is 5.48. The zero-order chi connectivity index (χ0) is 16.9. The molecule has 1 aromatic heterocycles. The number of halogens is 1. The zero-order valence-electron chi connectivity index (χ0n) is 13.9. The molecule has 2 aromatic rings. The van der Waals surface area contributed by atoms with E-state index in [9.17, 15) is 4.79 Å². The molecule has 24 heavy (non-hydrogen) atoms. The molecular formula is C17H22ClN5O. The number of nitrogens with zero attached hydrogens (tertiary/aromatic N) is 5. The maximum Gasteiger partial charge on any atom is 0.223 e. The van der Waals surface area contributed by atoms with E-state index in [1.165, 1.54) is 5.56 Å². The number of carbonyl (C=O) groups is 1. The van der Waals surface area contributed by atoms with Crippen molar-refractivity contribution in [2.24, 2.45) is 7.05 Å². The maximum absolute atomic E-state index is 12.3. The molecule has 0 radical (unpaired) electrons. The number of rotatable bonds is 5. The number of carbonyl (C=O) groups excluding carboxylic acids is 1. The highest BCUT2D eigenvalue weighted by atomic mass is 35.5. The molecule has 0 saturated carbocycles. The topological polar surface area (TPSA) is 54.3 Å². The lowest BCUT2D eigenvalue weighted by Crippen LogP contribution is -2.48. The molecule has 128 valence electrons. The van der Waals surface area contributed by atoms with Crippen LogP contribution in [0.5, 0.6) is 0 Å². The number of hydrogen-bond acceptors (Lipinski definition) is 4. The van der Waals surface area contributed by atoms with Crippen LogP contribution in [0.15, 0.2) is 30.6 Å². The quantitative estimate of drug-likeness (QED) is 0.826. The van der Waals surface area contributed by atoms with Gasteiger partial charge in [-0.15, -0.1) is 10.2 Å². The van der Waals surface area contributed by atoms with Crippen LogP contribution in [0.25, 0.3) is 0 Å². The van der Waals surface area contributed by atoms with E-state index in [4.69, 9.17) is 11.6 Å². The van der Waals surface area contributed by atoms with Crippen molar-refractivity contribution in [3.8, 4) is 0 Å². The van der Waals surface area contributed by atoms with E-state index in [1.807, 2.05) is 28.6 Å². The molecule has 1 fully saturated rings. The second-order valence-corrected chi connectivity index (χ2v) is 6.58. The van der Waals surface area contributed by atoms with E-state index in [2.05, 4.69) is 27.2 Å². The first kappa shape index (κ1) is 16.9. The van der Waals surface area contributed by atoms with E-state index < -0.39 is 0 Å². The van der Waals surface area contributed by atoms with E-state index in [0.717, 1.165) is 43.6 Å². The van der Waals surface area contributed by atoms with Crippen LogP contribution in [-0.4, -0.2) is 56.7 Å². The van der Waals surface area contributed by atoms with E-state index in [0.29, 0.717) is 12.8 Å². The van der Waals surface area contributed by atoms with Crippen molar-refractivity contribution in [2.75, 3.05) is 26.2 Å². The normalized spacial score (nSPS) is 15.7. The number of piperazine rings is 1. The van der Waals surface area contributed by atoms with Crippen LogP contribution in [-0.2, 0) is 24.8 Å². The molecule has 1 aliphatic rings. The van der Waals surface area contributed by atoms with E-state index in [-0.39, 0.29) is 5.91 Å². The van der Waals surface area contributed by atoms with Crippen molar-refractivity contribution in [2.45, 2.75) is 19.4 Å². The third-order valence-corrected chi connectivity index (χ3v) is 4.66. The first-order valence-electron chi connectivity index (χ1n) is 8.19. The highest BCUT2D eigenvalue weighted by Crippen LogP contribution is 2.13. The van der Waals surface area contributed by atoms with Crippen molar-refractivity contribution in [3.63, 3.8) is 0 Å². The molecule has 7 heteroatoms. The summed E-state index contributed by atoms with van der Waals surface area (Å²) in [5, 5.41) is 8.62. The molecule has 0 aliphatic carbocycles. The smallest absolute Gasteiger partial charge is 0.223 e. The number of aryl methyl sites for hydroxylation is 2. The fraction of sp³-hybridized carbons (Fsp3) is 0.471. The average Bonchev–Trinajstić information content (AvgIpc) is 3.00. The van der Waals surface area contributed by atoms with Crippen LogP contribution in [0.3, 0.4) is 0 Å². The molecule has 1 saturated heterocycles. The van der Waals surface area contributed by atoms with E-state index in [1.54, 1.807) is 6.33 Å². The standard InChI is InChI=1S/C17H22ClN5O/c1-21-13-19-20-16(21)6-7-17(24)23-10-8-22(9-11-23)12-14-2-4-15(18)5-3-14/h2-5,13H,6-12H2,1H3. The molecule has 0 bridgehead atoms. The second kappa shape index (κ2) is 7.77. The Labute approximate surface area is 147 Å². The third-order valence-electron chi connectivity index (χ3n) is 4.41. The minimum Gasteiger partial charge on any atom is -0.340 e. The number of amides is 1. The Hall–Kier alpha value is -1.92. The SMILES string of the molecule is Cn1cnnc1CCC(=O)N1CCN(Cc2ccc(Cl)cc2)CC1. The van der Waals surface area contributed by atoms with Gasteiger partial charge in [-0.2, -0.15) is 0 Å². The fourth-order valence-corrected chi connectivity index (χ4v) is 3.04. The van der Waals surface area contributed by atoms with Gasteiger partial charge in [-0.1, -0.05) is 23.7 Å². The second-order valence-electron chi connectivity index (χ2n) is 6.14. The Morgan fingerprint density at radius 2 is 1.88 bits per heavy atom. The lowest BCUT2D eigenvalue weighted by atomic mass is 10.2. The number of aromatic nitrogens is 3. The zero-order valence-corrected chi connectivity index (χ0v) is 14.6. The van der Waals surface area contributed by atoms with Gasteiger partial charge in [0.25, 0.3) is 0 Å². The summed E-state index contributed by atoms with van der Waals surface area (Å²) in [6.07, 6.45) is 2.79. The summed E-state index contributed by atoms with van der Waals surface area (Å²) in [5.74, 6) is 1.05. The largest absolute Gasteiger partial charge is 0.340 e. The summed E-state index contributed by atoms with van der Waals surface area (Å²) in [5.41, 5.74) is 1.25. The van der Waals surface area contributed by atoms with Gasteiger partial charge >= 0.3 is 0 Å². The Morgan fingerprint density at radius 1 is 1.17 bits per heavy atom. The minimum atomic E-state index is 0.198. The lowest BCUT2D eigenvalue weighted by Gasteiger charge is -2.34. The Morgan fingerprint density at radius 3 is 2.50 bits per heavy atom. The number of hydrogen-bond donors (Lipinski definition) is 0. The summed E-state index contributed by atoms with van der Waals surface area (Å²) >= 11 is 5.92. The van der Waals surface area contributed by atoms with Gasteiger partial charge in [0.1, 0.15) is 12.2 Å². The van der Waals surface area contributed by atoms with Gasteiger partial charge in [-0.3, -0.25) is 9.69 Å². The number of benzene rings is 1. The van der Waals surface area contributed by atoms with Gasteiger partial charge < -0.3 is 9.47 Å². The summed E-state index contributed by atoms with van der Waals surface area (Å²) < 4.78 is 1.86. The van der Waals surface area contributed by atoms with Gasteiger partial charge in [0.15, 0.2) is 0 Å². The molecule has 1 aliphatic heterocycles. The molecule has 0 spiro atoms. The summed E-state index contributed by atoms with van der Waals surface area (Å²) in [6.45, 7) is 4.27. The molecule has 6 nitrogen and oxygen atoms in total. The summed E-state index contributed by atoms with van der Waals surface area (Å²) in [4.78, 5) is 16.7. The highest BCUT2D eigenvalue weighted by molar-refractivity contribution is 6.30.